The van der Waals surface area contributed by atoms with Gasteiger partial charge in [-0.1, -0.05) is 18.2 Å². The molecule has 0 aliphatic carbocycles. The number of ketones is 1. The molecule has 1 N–H and O–H groups in total. The van der Waals surface area contributed by atoms with Crippen LogP contribution in [0.25, 0.3) is 0 Å². The van der Waals surface area contributed by atoms with Gasteiger partial charge in [0.2, 0.25) is 0 Å². The number of carbonyl (C=O) groups excluding carboxylic acids is 4. The van der Waals surface area contributed by atoms with Gasteiger partial charge in [0.25, 0.3) is 5.91 Å². The zero-order chi connectivity index (χ0) is 20.5. The van der Waals surface area contributed by atoms with Crippen molar-refractivity contribution in [2.24, 2.45) is 0 Å². The highest BCUT2D eigenvalue weighted by molar-refractivity contribution is 6.21. The number of carbonyl (C=O) groups is 4. The smallest absolute Gasteiger partial charge is 0.320 e. The summed E-state index contributed by atoms with van der Waals surface area (Å²) in [5, 5.41) is 2.77. The Balaban J connectivity index is 1.45. The van der Waals surface area contributed by atoms with E-state index in [1.807, 2.05) is 6.07 Å². The minimum atomic E-state index is -0.692. The quantitative estimate of drug-likeness (QED) is 0.642. The normalized spacial score (nSPS) is 18.7. The van der Waals surface area contributed by atoms with Gasteiger partial charge >= 0.3 is 12.1 Å². The molecule has 2 aliphatic rings. The third-order valence-corrected chi connectivity index (χ3v) is 5.17. The fourth-order valence-corrected chi connectivity index (χ4v) is 3.58. The molecule has 0 spiro atoms. The third-order valence-electron chi connectivity index (χ3n) is 5.17. The minimum Gasteiger partial charge on any atom is -0.320 e. The molecule has 8 nitrogen and oxygen atoms in total. The first-order valence-electron chi connectivity index (χ1n) is 9.32. The first-order chi connectivity index (χ1) is 14.0. The van der Waals surface area contributed by atoms with Gasteiger partial charge in [0.15, 0.2) is 5.78 Å². The number of nitrogens with zero attached hydrogens (tertiary/aromatic N) is 3. The lowest BCUT2D eigenvalue weighted by Crippen LogP contribution is -2.55. The van der Waals surface area contributed by atoms with Gasteiger partial charge in [-0.15, -0.1) is 0 Å². The lowest BCUT2D eigenvalue weighted by Gasteiger charge is -2.35. The van der Waals surface area contributed by atoms with E-state index in [1.165, 1.54) is 21.6 Å². The molecule has 0 unspecified atom stereocenters. The Morgan fingerprint density at radius 3 is 2.31 bits per heavy atom. The number of fused-ring (bicyclic) bond motifs is 1. The van der Waals surface area contributed by atoms with Gasteiger partial charge < -0.3 is 15.1 Å². The maximum absolute atomic E-state index is 12.9. The Morgan fingerprint density at radius 1 is 0.966 bits per heavy atom. The van der Waals surface area contributed by atoms with E-state index in [2.05, 4.69) is 5.32 Å². The van der Waals surface area contributed by atoms with Crippen molar-refractivity contribution in [3.05, 3.63) is 60.2 Å². The zero-order valence-electron chi connectivity index (χ0n) is 15.9. The fraction of sp³-hybridized carbons (Fsp3) is 0.238. The van der Waals surface area contributed by atoms with E-state index < -0.39 is 6.04 Å². The number of amides is 5. The van der Waals surface area contributed by atoms with Crippen LogP contribution in [-0.4, -0.2) is 59.2 Å². The van der Waals surface area contributed by atoms with Crippen molar-refractivity contribution in [3.8, 4) is 0 Å². The fourth-order valence-electron chi connectivity index (χ4n) is 3.58. The van der Waals surface area contributed by atoms with Crippen LogP contribution in [0.3, 0.4) is 0 Å². The van der Waals surface area contributed by atoms with Crippen LogP contribution >= 0.6 is 0 Å². The summed E-state index contributed by atoms with van der Waals surface area (Å²) in [5.41, 5.74) is 1.65. The number of urea groups is 2. The van der Waals surface area contributed by atoms with Gasteiger partial charge in [-0.2, -0.15) is 0 Å². The summed E-state index contributed by atoms with van der Waals surface area (Å²) in [7, 11) is 0. The van der Waals surface area contributed by atoms with Crippen LogP contribution < -0.4 is 10.2 Å². The molecule has 0 bridgehead atoms. The van der Waals surface area contributed by atoms with Crippen molar-refractivity contribution in [3.63, 3.8) is 0 Å². The Kier molecular flexibility index (Phi) is 4.75. The second-order valence-corrected chi connectivity index (χ2v) is 7.01. The molecule has 4 rings (SSSR count). The van der Waals surface area contributed by atoms with Gasteiger partial charge in [0.1, 0.15) is 6.04 Å². The van der Waals surface area contributed by atoms with Crippen LogP contribution in [0, 0.1) is 0 Å². The minimum absolute atomic E-state index is 0.0496. The van der Waals surface area contributed by atoms with Crippen molar-refractivity contribution in [2.45, 2.75) is 13.0 Å². The SMILES string of the molecule is CC(=O)c1ccc(NC(=O)N2CCN3C(=O)N(c4ccccc4)C(=O)[C@@H]3C2)cc1. The van der Waals surface area contributed by atoms with Crippen molar-refractivity contribution in [2.75, 3.05) is 29.9 Å². The van der Waals surface area contributed by atoms with Crippen LogP contribution in [0.4, 0.5) is 21.0 Å². The Bertz CT molecular complexity index is 974. The first kappa shape index (κ1) is 18.7. The molecule has 5 amide bonds. The molecule has 2 aromatic carbocycles. The Morgan fingerprint density at radius 2 is 1.66 bits per heavy atom. The summed E-state index contributed by atoms with van der Waals surface area (Å²) in [4.78, 5) is 53.7. The number of rotatable bonds is 3. The second-order valence-electron chi connectivity index (χ2n) is 7.01. The van der Waals surface area contributed by atoms with Crippen molar-refractivity contribution in [1.29, 1.82) is 0 Å². The Hall–Kier alpha value is -3.68. The number of para-hydroxylation sites is 1. The molecular formula is C21H20N4O4. The summed E-state index contributed by atoms with van der Waals surface area (Å²) in [6, 6.07) is 14.0. The highest BCUT2D eigenvalue weighted by Crippen LogP contribution is 2.27. The van der Waals surface area contributed by atoms with E-state index in [1.54, 1.807) is 48.5 Å². The average molecular weight is 392 g/mol. The van der Waals surface area contributed by atoms with Crippen LogP contribution in [0.5, 0.6) is 0 Å². The van der Waals surface area contributed by atoms with E-state index in [9.17, 15) is 19.2 Å². The van der Waals surface area contributed by atoms with E-state index in [0.29, 0.717) is 23.5 Å². The molecule has 0 aromatic heterocycles. The van der Waals surface area contributed by atoms with Gasteiger partial charge in [-0.25, -0.2) is 14.5 Å². The third kappa shape index (κ3) is 3.44. The van der Waals surface area contributed by atoms with Crippen molar-refractivity contribution >= 4 is 35.1 Å². The monoisotopic (exact) mass is 392 g/mol. The molecule has 2 saturated heterocycles. The zero-order valence-corrected chi connectivity index (χ0v) is 15.9. The summed E-state index contributed by atoms with van der Waals surface area (Å²) in [6.45, 7) is 2.22. The summed E-state index contributed by atoms with van der Waals surface area (Å²) in [5.74, 6) is -0.379. The number of imide groups is 1. The van der Waals surface area contributed by atoms with Crippen LogP contribution in [-0.2, 0) is 4.79 Å². The molecular weight excluding hydrogens is 372 g/mol. The van der Waals surface area contributed by atoms with Crippen LogP contribution in [0.15, 0.2) is 54.6 Å². The number of nitrogens with one attached hydrogen (secondary N) is 1. The number of Topliss-reactive ketones (excluding diaryl/α,β-unsaturated/α-hetero) is 1. The van der Waals surface area contributed by atoms with E-state index >= 15 is 0 Å². The number of anilines is 2. The van der Waals surface area contributed by atoms with Gasteiger partial charge in [0, 0.05) is 24.3 Å². The van der Waals surface area contributed by atoms with Crippen molar-refractivity contribution < 1.29 is 19.2 Å². The maximum atomic E-state index is 12.9. The first-order valence-corrected chi connectivity index (χ1v) is 9.32. The molecule has 8 heteroatoms. The van der Waals surface area contributed by atoms with Crippen molar-refractivity contribution in [1.82, 2.24) is 9.80 Å². The lowest BCUT2D eigenvalue weighted by atomic mass is 10.1. The van der Waals surface area contributed by atoms with E-state index in [0.717, 1.165) is 0 Å². The molecule has 148 valence electrons. The summed E-state index contributed by atoms with van der Waals surface area (Å²) < 4.78 is 0. The number of piperazine rings is 1. The average Bonchev–Trinajstić information content (AvgIpc) is 2.99. The molecule has 1 atom stereocenters. The second kappa shape index (κ2) is 7.38. The molecule has 2 fully saturated rings. The highest BCUT2D eigenvalue weighted by Gasteiger charge is 2.48. The molecule has 0 saturated carbocycles. The van der Waals surface area contributed by atoms with Gasteiger partial charge in [0.05, 0.1) is 12.2 Å². The molecule has 2 heterocycles. The van der Waals surface area contributed by atoms with E-state index in [4.69, 9.17) is 0 Å². The van der Waals surface area contributed by atoms with Crippen LogP contribution in [0.1, 0.15) is 17.3 Å². The standard InChI is InChI=1S/C21H20N4O4/c1-14(26)15-7-9-16(10-8-15)22-20(28)23-11-12-24-18(13-23)19(27)25(21(24)29)17-5-3-2-4-6-17/h2-10,18H,11-13H2,1H3,(H,22,28)/t18-/m0/s1. The molecule has 2 aliphatic heterocycles. The van der Waals surface area contributed by atoms with Gasteiger partial charge in [-0.3, -0.25) is 9.59 Å². The molecule has 29 heavy (non-hydrogen) atoms. The predicted octanol–water partition coefficient (Wildman–Crippen LogP) is 2.57. The van der Waals surface area contributed by atoms with E-state index in [-0.39, 0.29) is 36.8 Å². The maximum Gasteiger partial charge on any atom is 0.332 e. The van der Waals surface area contributed by atoms with Crippen LogP contribution in [0.2, 0.25) is 0 Å². The number of hydrogen-bond acceptors (Lipinski definition) is 4. The predicted molar refractivity (Wildman–Crippen MR) is 107 cm³/mol. The van der Waals surface area contributed by atoms with Gasteiger partial charge in [-0.05, 0) is 43.3 Å². The Labute approximate surface area is 167 Å². The highest BCUT2D eigenvalue weighted by atomic mass is 16.2. The summed E-state index contributed by atoms with van der Waals surface area (Å²) in [6.07, 6.45) is 0. The summed E-state index contributed by atoms with van der Waals surface area (Å²) >= 11 is 0. The number of hydrogen-bond donors (Lipinski definition) is 1. The molecule has 2 aromatic rings. The molecule has 0 radical (unpaired) electrons. The lowest BCUT2D eigenvalue weighted by molar-refractivity contribution is -0.120. The topological polar surface area (TPSA) is 90.0 Å². The number of benzene rings is 2. The largest absolute Gasteiger partial charge is 0.332 e.